The van der Waals surface area contributed by atoms with Crippen LogP contribution in [0.1, 0.15) is 39.3 Å². The average Bonchev–Trinajstić information content (AvgIpc) is 3.39. The zero-order valence-electron chi connectivity index (χ0n) is 24.6. The fraction of sp³-hybridized carbons (Fsp3) is 0.323. The molecule has 0 bridgehead atoms. The lowest BCUT2D eigenvalue weighted by molar-refractivity contribution is -0.0226. The van der Waals surface area contributed by atoms with Crippen LogP contribution in [0.2, 0.25) is 5.02 Å². The number of aromatic nitrogens is 1. The van der Waals surface area contributed by atoms with Crippen LogP contribution in [0.25, 0.3) is 11.1 Å². The van der Waals surface area contributed by atoms with Crippen molar-refractivity contribution in [2.45, 2.75) is 45.4 Å². The summed E-state index contributed by atoms with van der Waals surface area (Å²) in [7, 11) is 1.56. The quantitative estimate of drug-likeness (QED) is 0.151. The third-order valence-corrected chi connectivity index (χ3v) is 6.93. The number of nitrogens with zero attached hydrogens (tertiary/aromatic N) is 3. The second kappa shape index (κ2) is 12.3. The van der Waals surface area contributed by atoms with Gasteiger partial charge in [0.1, 0.15) is 28.7 Å². The van der Waals surface area contributed by atoms with Crippen LogP contribution in [0, 0.1) is 0 Å². The molecule has 1 atom stereocenters. The Balaban J connectivity index is 1.29. The Morgan fingerprint density at radius 1 is 1.16 bits per heavy atom. The summed E-state index contributed by atoms with van der Waals surface area (Å²) in [4.78, 5) is 22.4. The van der Waals surface area contributed by atoms with Gasteiger partial charge < -0.3 is 39.3 Å². The molecule has 1 fully saturated rings. The van der Waals surface area contributed by atoms with Crippen LogP contribution in [0.4, 0.5) is 16.2 Å². The molecule has 0 aliphatic carbocycles. The number of hydrogen-bond donors (Lipinski definition) is 2. The molecule has 1 aliphatic heterocycles. The minimum Gasteiger partial charge on any atom is -0.493 e. The molecule has 0 spiro atoms. The fourth-order valence-electron chi connectivity index (χ4n) is 4.55. The van der Waals surface area contributed by atoms with E-state index in [2.05, 4.69) is 15.3 Å². The highest BCUT2D eigenvalue weighted by molar-refractivity contribution is 6.32. The Bertz CT molecular complexity index is 1640. The number of fused-ring (bicyclic) bond motifs is 1. The molecular formula is C31H34ClN5O6. The van der Waals surface area contributed by atoms with Crippen LogP contribution < -0.4 is 25.3 Å². The minimum atomic E-state index is -0.561. The third kappa shape index (κ3) is 7.06. The highest BCUT2D eigenvalue weighted by atomic mass is 35.5. The third-order valence-electron chi connectivity index (χ3n) is 6.63. The molecule has 4 aromatic rings. The molecule has 3 N–H and O–H groups in total. The summed E-state index contributed by atoms with van der Waals surface area (Å²) in [6.45, 7) is 8.31. The molecule has 43 heavy (non-hydrogen) atoms. The van der Waals surface area contributed by atoms with E-state index in [-0.39, 0.29) is 18.2 Å². The molecule has 1 aliphatic rings. The van der Waals surface area contributed by atoms with E-state index >= 15 is 0 Å². The SMILES string of the molecule is COc1cc(N=CN)c(C(C)Nc2ccc(Oc3ccc4ocnc4c3)c(Cl)c2)cc1OC1CN(C(=O)OC(C)(C)C)C1. The number of likely N-dealkylation sites (tertiary alicyclic amines) is 1. The smallest absolute Gasteiger partial charge is 0.410 e. The Hall–Kier alpha value is -4.64. The molecule has 12 heteroatoms. The van der Waals surface area contributed by atoms with Gasteiger partial charge in [-0.15, -0.1) is 0 Å². The van der Waals surface area contributed by atoms with Crippen molar-refractivity contribution in [2.24, 2.45) is 10.7 Å². The maximum atomic E-state index is 12.3. The number of nitrogens with two attached hydrogens (primary N) is 1. The molecule has 5 rings (SSSR count). The van der Waals surface area contributed by atoms with Crippen molar-refractivity contribution < 1.29 is 28.2 Å². The zero-order chi connectivity index (χ0) is 30.7. The first-order valence-corrected chi connectivity index (χ1v) is 14.1. The number of halogens is 1. The summed E-state index contributed by atoms with van der Waals surface area (Å²) in [5.41, 5.74) is 8.67. The molecule has 1 saturated heterocycles. The van der Waals surface area contributed by atoms with Crippen LogP contribution >= 0.6 is 11.6 Å². The molecule has 2 heterocycles. The molecule has 1 amide bonds. The number of methoxy groups -OCH3 is 1. The van der Waals surface area contributed by atoms with E-state index in [1.165, 1.54) is 12.7 Å². The lowest BCUT2D eigenvalue weighted by atomic mass is 10.0. The fourth-order valence-corrected chi connectivity index (χ4v) is 4.77. The van der Waals surface area contributed by atoms with Crippen LogP contribution in [0.5, 0.6) is 23.0 Å². The average molecular weight is 608 g/mol. The summed E-state index contributed by atoms with van der Waals surface area (Å²) in [6.07, 6.45) is 2.04. The van der Waals surface area contributed by atoms with Crippen molar-refractivity contribution in [3.63, 3.8) is 0 Å². The molecule has 3 aromatic carbocycles. The predicted octanol–water partition coefficient (Wildman–Crippen LogP) is 7.07. The molecule has 1 aromatic heterocycles. The van der Waals surface area contributed by atoms with Crippen LogP contribution in [-0.4, -0.2) is 54.2 Å². The Labute approximate surface area is 254 Å². The number of aliphatic imine (C=N–C) groups is 1. The number of oxazole rings is 1. The molecule has 0 radical (unpaired) electrons. The molecule has 11 nitrogen and oxygen atoms in total. The first kappa shape index (κ1) is 29.8. The van der Waals surface area contributed by atoms with Crippen molar-refractivity contribution in [1.82, 2.24) is 9.88 Å². The standard InChI is InChI=1S/C31H34ClN5O6/c1-18(36-19-6-8-26(23(32)10-19)41-20-7-9-27-25(11-20)35-17-40-27)22-12-29(28(39-5)13-24(22)34-16-33)42-21-14-37(15-21)30(38)43-31(2,3)4/h6-13,16-18,21,36H,14-15H2,1-5H3,(H2,33,34). The topological polar surface area (TPSA) is 134 Å². The maximum absolute atomic E-state index is 12.3. The van der Waals surface area contributed by atoms with Gasteiger partial charge in [0.25, 0.3) is 0 Å². The first-order chi connectivity index (χ1) is 20.5. The number of benzene rings is 3. The molecule has 0 saturated carbocycles. The number of nitrogens with one attached hydrogen (secondary N) is 1. The number of rotatable bonds is 9. The van der Waals surface area contributed by atoms with Crippen LogP contribution in [-0.2, 0) is 4.74 Å². The number of carbonyl (C=O) groups excluding carboxylic acids is 1. The van der Waals surface area contributed by atoms with E-state index in [0.717, 1.165) is 11.3 Å². The molecular weight excluding hydrogens is 574 g/mol. The predicted molar refractivity (Wildman–Crippen MR) is 165 cm³/mol. The number of hydrogen-bond acceptors (Lipinski definition) is 9. The van der Waals surface area contributed by atoms with E-state index in [0.29, 0.717) is 57.9 Å². The summed E-state index contributed by atoms with van der Waals surface area (Å²) < 4.78 is 28.5. The van der Waals surface area contributed by atoms with Crippen molar-refractivity contribution in [1.29, 1.82) is 0 Å². The van der Waals surface area contributed by atoms with Crippen molar-refractivity contribution in [2.75, 3.05) is 25.5 Å². The first-order valence-electron chi connectivity index (χ1n) is 13.7. The van der Waals surface area contributed by atoms with E-state index in [9.17, 15) is 4.79 Å². The monoisotopic (exact) mass is 607 g/mol. The summed E-state index contributed by atoms with van der Waals surface area (Å²) in [5, 5.41) is 3.88. The largest absolute Gasteiger partial charge is 0.493 e. The van der Waals surface area contributed by atoms with Gasteiger partial charge in [0.2, 0.25) is 0 Å². The summed E-state index contributed by atoms with van der Waals surface area (Å²) in [5.74, 6) is 2.12. The Morgan fingerprint density at radius 2 is 1.95 bits per heavy atom. The summed E-state index contributed by atoms with van der Waals surface area (Å²) in [6, 6.07) is 14.2. The van der Waals surface area contributed by atoms with Gasteiger partial charge in [0.15, 0.2) is 23.5 Å². The van der Waals surface area contributed by atoms with E-state index < -0.39 is 5.60 Å². The zero-order valence-corrected chi connectivity index (χ0v) is 25.3. The van der Waals surface area contributed by atoms with Crippen molar-refractivity contribution in [3.05, 3.63) is 65.5 Å². The van der Waals surface area contributed by atoms with Gasteiger partial charge in [0.05, 0.1) is 43.3 Å². The van der Waals surface area contributed by atoms with Gasteiger partial charge >= 0.3 is 6.09 Å². The normalized spacial score (nSPS) is 14.4. The molecule has 226 valence electrons. The maximum Gasteiger partial charge on any atom is 0.410 e. The lowest BCUT2D eigenvalue weighted by Gasteiger charge is -2.39. The Kier molecular flexibility index (Phi) is 8.54. The lowest BCUT2D eigenvalue weighted by Crippen LogP contribution is -2.57. The highest BCUT2D eigenvalue weighted by Gasteiger charge is 2.36. The van der Waals surface area contributed by atoms with E-state index in [4.69, 9.17) is 40.7 Å². The number of ether oxygens (including phenoxy) is 4. The van der Waals surface area contributed by atoms with Crippen molar-refractivity contribution >= 4 is 46.5 Å². The second-order valence-corrected chi connectivity index (χ2v) is 11.5. The number of carbonyl (C=O) groups is 1. The highest BCUT2D eigenvalue weighted by Crippen LogP contribution is 2.40. The number of anilines is 1. The van der Waals surface area contributed by atoms with Gasteiger partial charge in [-0.05, 0) is 64.1 Å². The van der Waals surface area contributed by atoms with Gasteiger partial charge in [0, 0.05) is 23.4 Å². The van der Waals surface area contributed by atoms with Gasteiger partial charge in [-0.3, -0.25) is 0 Å². The van der Waals surface area contributed by atoms with E-state index in [1.54, 1.807) is 48.4 Å². The second-order valence-electron chi connectivity index (χ2n) is 11.1. The van der Waals surface area contributed by atoms with Crippen LogP contribution in [0.3, 0.4) is 0 Å². The summed E-state index contributed by atoms with van der Waals surface area (Å²) >= 11 is 6.59. The van der Waals surface area contributed by atoms with Gasteiger partial charge in [-0.1, -0.05) is 11.6 Å². The van der Waals surface area contributed by atoms with Gasteiger partial charge in [-0.2, -0.15) is 0 Å². The number of amides is 1. The van der Waals surface area contributed by atoms with Crippen molar-refractivity contribution in [3.8, 4) is 23.0 Å². The Morgan fingerprint density at radius 3 is 2.65 bits per heavy atom. The van der Waals surface area contributed by atoms with E-state index in [1.807, 2.05) is 39.8 Å². The minimum absolute atomic E-state index is 0.210. The molecule has 1 unspecified atom stereocenters. The van der Waals surface area contributed by atoms with Gasteiger partial charge in [-0.25, -0.2) is 14.8 Å². The van der Waals surface area contributed by atoms with Crippen LogP contribution in [0.15, 0.2) is 64.3 Å².